The summed E-state index contributed by atoms with van der Waals surface area (Å²) in [6, 6.07) is 0.331. The monoisotopic (exact) mass is 234 g/mol. The normalized spacial score (nSPS) is 13.5. The van der Waals surface area contributed by atoms with Crippen LogP contribution in [0.25, 0.3) is 0 Å². The Bertz CT molecular complexity index is 213. The number of hydrogen-bond acceptors (Lipinski definition) is 2. The van der Waals surface area contributed by atoms with Gasteiger partial charge in [-0.3, -0.25) is 9.69 Å². The van der Waals surface area contributed by atoms with Crippen molar-refractivity contribution >= 4 is 18.3 Å². The van der Waals surface area contributed by atoms with Crippen LogP contribution in [0.2, 0.25) is 0 Å². The van der Waals surface area contributed by atoms with E-state index in [1.165, 1.54) is 0 Å². The maximum absolute atomic E-state index is 10.9. The van der Waals surface area contributed by atoms with Crippen LogP contribution in [-0.4, -0.2) is 29.9 Å². The molecule has 0 saturated carbocycles. The van der Waals surface area contributed by atoms with Crippen LogP contribution in [0.4, 0.5) is 0 Å². The predicted octanol–water partition coefficient (Wildman–Crippen LogP) is 1.96. The number of amides is 1. The Kier molecular flexibility index (Phi) is 9.84. The molecule has 0 saturated heterocycles. The second-order valence-corrected chi connectivity index (χ2v) is 3.41. The van der Waals surface area contributed by atoms with Crippen molar-refractivity contribution < 1.29 is 4.79 Å². The van der Waals surface area contributed by atoms with Gasteiger partial charge in [0.25, 0.3) is 0 Å². The van der Waals surface area contributed by atoms with E-state index in [9.17, 15) is 4.79 Å². The SMILES string of the molecule is CCC(C=C(C)C(N)=O)N(CC)CC.Cl. The number of carbonyl (C=O) groups excluding carboxylic acids is 1. The summed E-state index contributed by atoms with van der Waals surface area (Å²) in [5, 5.41) is 0. The highest BCUT2D eigenvalue weighted by Gasteiger charge is 2.11. The van der Waals surface area contributed by atoms with Gasteiger partial charge >= 0.3 is 0 Å². The molecule has 0 aliphatic rings. The van der Waals surface area contributed by atoms with Gasteiger partial charge in [0.1, 0.15) is 0 Å². The molecular weight excluding hydrogens is 212 g/mol. The zero-order valence-corrected chi connectivity index (χ0v) is 10.9. The molecule has 0 heterocycles. The van der Waals surface area contributed by atoms with Crippen molar-refractivity contribution in [1.29, 1.82) is 0 Å². The van der Waals surface area contributed by atoms with E-state index in [1.54, 1.807) is 6.92 Å². The van der Waals surface area contributed by atoms with Gasteiger partial charge in [-0.05, 0) is 26.4 Å². The average molecular weight is 235 g/mol. The van der Waals surface area contributed by atoms with E-state index >= 15 is 0 Å². The van der Waals surface area contributed by atoms with E-state index in [0.29, 0.717) is 11.6 Å². The maximum atomic E-state index is 10.9. The molecule has 3 nitrogen and oxygen atoms in total. The Morgan fingerprint density at radius 3 is 2.07 bits per heavy atom. The topological polar surface area (TPSA) is 46.3 Å². The summed E-state index contributed by atoms with van der Waals surface area (Å²) in [6.45, 7) is 10.1. The Labute approximate surface area is 99.1 Å². The van der Waals surface area contributed by atoms with E-state index in [0.717, 1.165) is 19.5 Å². The molecule has 0 aromatic heterocycles. The van der Waals surface area contributed by atoms with E-state index < -0.39 is 0 Å². The molecule has 1 amide bonds. The lowest BCUT2D eigenvalue weighted by Gasteiger charge is -2.26. The molecule has 1 atom stereocenters. The third-order valence-electron chi connectivity index (χ3n) is 2.53. The van der Waals surface area contributed by atoms with E-state index in [4.69, 9.17) is 5.73 Å². The minimum Gasteiger partial charge on any atom is -0.366 e. The van der Waals surface area contributed by atoms with Gasteiger partial charge in [-0.1, -0.05) is 26.8 Å². The van der Waals surface area contributed by atoms with Gasteiger partial charge in [-0.2, -0.15) is 0 Å². The van der Waals surface area contributed by atoms with Crippen molar-refractivity contribution in [1.82, 2.24) is 4.90 Å². The van der Waals surface area contributed by atoms with Crippen LogP contribution in [0.3, 0.4) is 0 Å². The number of rotatable bonds is 6. The maximum Gasteiger partial charge on any atom is 0.244 e. The molecule has 90 valence electrons. The smallest absolute Gasteiger partial charge is 0.244 e. The number of nitrogens with zero attached hydrogens (tertiary/aromatic N) is 1. The van der Waals surface area contributed by atoms with Crippen molar-refractivity contribution in [2.75, 3.05) is 13.1 Å². The van der Waals surface area contributed by atoms with Gasteiger partial charge in [0.05, 0.1) is 0 Å². The van der Waals surface area contributed by atoms with E-state index in [2.05, 4.69) is 25.7 Å². The molecule has 0 spiro atoms. The first-order valence-corrected chi connectivity index (χ1v) is 5.29. The van der Waals surface area contributed by atoms with Gasteiger partial charge in [0.2, 0.25) is 5.91 Å². The first-order chi connectivity index (χ1) is 6.56. The lowest BCUT2D eigenvalue weighted by molar-refractivity contribution is -0.114. The second-order valence-electron chi connectivity index (χ2n) is 3.41. The third-order valence-corrected chi connectivity index (χ3v) is 2.53. The Morgan fingerprint density at radius 2 is 1.80 bits per heavy atom. The summed E-state index contributed by atoms with van der Waals surface area (Å²) in [4.78, 5) is 13.2. The molecule has 2 N–H and O–H groups in total. The second kappa shape index (κ2) is 8.74. The van der Waals surface area contributed by atoms with Crippen LogP contribution in [0, 0.1) is 0 Å². The molecule has 0 radical (unpaired) electrons. The molecule has 0 rings (SSSR count). The van der Waals surface area contributed by atoms with Crippen LogP contribution < -0.4 is 5.73 Å². The van der Waals surface area contributed by atoms with Gasteiger partial charge < -0.3 is 5.73 Å². The lowest BCUT2D eigenvalue weighted by Crippen LogP contribution is -2.33. The number of primary amides is 1. The fraction of sp³-hybridized carbons (Fsp3) is 0.727. The number of carbonyl (C=O) groups is 1. The Hall–Kier alpha value is -0.540. The van der Waals surface area contributed by atoms with Crippen molar-refractivity contribution in [3.05, 3.63) is 11.6 Å². The zero-order chi connectivity index (χ0) is 11.1. The molecule has 4 heteroatoms. The van der Waals surface area contributed by atoms with Crippen molar-refractivity contribution in [2.24, 2.45) is 5.73 Å². The average Bonchev–Trinajstić information content (AvgIpc) is 2.17. The summed E-state index contributed by atoms with van der Waals surface area (Å²) < 4.78 is 0. The van der Waals surface area contributed by atoms with Crippen molar-refractivity contribution in [2.45, 2.75) is 40.2 Å². The minimum atomic E-state index is -0.324. The number of halogens is 1. The van der Waals surface area contributed by atoms with E-state index in [1.807, 2.05) is 6.08 Å². The summed E-state index contributed by atoms with van der Waals surface area (Å²) in [5.74, 6) is -0.324. The number of likely N-dealkylation sites (N-methyl/N-ethyl adjacent to an activating group) is 1. The molecule has 15 heavy (non-hydrogen) atoms. The Balaban J connectivity index is 0. The highest BCUT2D eigenvalue weighted by molar-refractivity contribution is 5.91. The predicted molar refractivity (Wildman–Crippen MR) is 67.2 cm³/mol. The summed E-state index contributed by atoms with van der Waals surface area (Å²) in [5.41, 5.74) is 5.85. The van der Waals surface area contributed by atoms with Crippen LogP contribution in [-0.2, 0) is 4.79 Å². The van der Waals surface area contributed by atoms with Crippen LogP contribution in [0.15, 0.2) is 11.6 Å². The first-order valence-electron chi connectivity index (χ1n) is 5.29. The standard InChI is InChI=1S/C11H22N2O.ClH/c1-5-10(13(6-2)7-3)8-9(4)11(12)14;/h8,10H,5-7H2,1-4H3,(H2,12,14);1H. The number of hydrogen-bond donors (Lipinski definition) is 1. The number of nitrogens with two attached hydrogens (primary N) is 1. The molecule has 0 aromatic carbocycles. The third kappa shape index (κ3) is 5.80. The summed E-state index contributed by atoms with van der Waals surface area (Å²) in [7, 11) is 0. The van der Waals surface area contributed by atoms with Crippen LogP contribution in [0.1, 0.15) is 34.1 Å². The van der Waals surface area contributed by atoms with Gasteiger partial charge in [0, 0.05) is 11.6 Å². The minimum absolute atomic E-state index is 0. The van der Waals surface area contributed by atoms with Crippen molar-refractivity contribution in [3.63, 3.8) is 0 Å². The van der Waals surface area contributed by atoms with Gasteiger partial charge in [0.15, 0.2) is 0 Å². The summed E-state index contributed by atoms with van der Waals surface area (Å²) in [6.07, 6.45) is 2.97. The fourth-order valence-corrected chi connectivity index (χ4v) is 1.54. The first kappa shape index (κ1) is 16.9. The molecule has 0 aromatic rings. The molecular formula is C11H23ClN2O. The lowest BCUT2D eigenvalue weighted by atomic mass is 10.1. The quantitative estimate of drug-likeness (QED) is 0.715. The highest BCUT2D eigenvalue weighted by Crippen LogP contribution is 2.08. The molecule has 0 bridgehead atoms. The largest absolute Gasteiger partial charge is 0.366 e. The fourth-order valence-electron chi connectivity index (χ4n) is 1.54. The summed E-state index contributed by atoms with van der Waals surface area (Å²) >= 11 is 0. The molecule has 0 aliphatic heterocycles. The van der Waals surface area contributed by atoms with E-state index in [-0.39, 0.29) is 18.3 Å². The van der Waals surface area contributed by atoms with Crippen LogP contribution >= 0.6 is 12.4 Å². The molecule has 0 aliphatic carbocycles. The molecule has 1 unspecified atom stereocenters. The highest BCUT2D eigenvalue weighted by atomic mass is 35.5. The van der Waals surface area contributed by atoms with Gasteiger partial charge in [-0.15, -0.1) is 12.4 Å². The van der Waals surface area contributed by atoms with Gasteiger partial charge in [-0.25, -0.2) is 0 Å². The zero-order valence-electron chi connectivity index (χ0n) is 10.1. The van der Waals surface area contributed by atoms with Crippen LogP contribution in [0.5, 0.6) is 0 Å². The van der Waals surface area contributed by atoms with Crippen molar-refractivity contribution in [3.8, 4) is 0 Å². The Morgan fingerprint density at radius 1 is 1.33 bits per heavy atom. The molecule has 0 fully saturated rings.